The summed E-state index contributed by atoms with van der Waals surface area (Å²) in [6.45, 7) is 2.29. The molecule has 1 aliphatic rings. The third kappa shape index (κ3) is 2.56. The number of aromatic hydroxyl groups is 1. The van der Waals surface area contributed by atoms with Crippen molar-refractivity contribution in [2.24, 2.45) is 0 Å². The van der Waals surface area contributed by atoms with Gasteiger partial charge in [0.25, 0.3) is 0 Å². The fraction of sp³-hybridized carbons (Fsp3) is 0.0714. The zero-order chi connectivity index (χ0) is 21.8. The van der Waals surface area contributed by atoms with Crippen molar-refractivity contribution in [1.29, 1.82) is 0 Å². The maximum absolute atomic E-state index is 13.6. The van der Waals surface area contributed by atoms with E-state index in [1.807, 2.05) is 49.4 Å². The largest absolute Gasteiger partial charge is 0.504 e. The predicted molar refractivity (Wildman–Crippen MR) is 126 cm³/mol. The van der Waals surface area contributed by atoms with Crippen LogP contribution in [0.5, 0.6) is 11.5 Å². The number of benzene rings is 4. The summed E-state index contributed by atoms with van der Waals surface area (Å²) in [6.07, 6.45) is 0. The quantitative estimate of drug-likeness (QED) is 0.340. The lowest BCUT2D eigenvalue weighted by Gasteiger charge is -2.14. The van der Waals surface area contributed by atoms with Crippen molar-refractivity contribution < 1.29 is 14.6 Å². The lowest BCUT2D eigenvalue weighted by atomic mass is 9.93. The van der Waals surface area contributed by atoms with Gasteiger partial charge in [0.1, 0.15) is 0 Å². The van der Waals surface area contributed by atoms with Gasteiger partial charge in [-0.05, 0) is 47.5 Å². The smallest absolute Gasteiger partial charge is 0.196 e. The fourth-order valence-corrected chi connectivity index (χ4v) is 4.70. The Labute approximate surface area is 184 Å². The Morgan fingerprint density at radius 3 is 2.50 bits per heavy atom. The molecule has 0 saturated carbocycles. The summed E-state index contributed by atoms with van der Waals surface area (Å²) in [4.78, 5) is 18.6. The van der Waals surface area contributed by atoms with Gasteiger partial charge in [0.05, 0.1) is 23.4 Å². The molecule has 0 fully saturated rings. The molecule has 0 saturated heterocycles. The van der Waals surface area contributed by atoms with Crippen LogP contribution >= 0.6 is 0 Å². The van der Waals surface area contributed by atoms with Crippen LogP contribution in [0, 0.1) is 0 Å². The zero-order valence-electron chi connectivity index (χ0n) is 17.4. The number of rotatable bonds is 3. The molecule has 0 atom stereocenters. The normalized spacial score (nSPS) is 12.2. The summed E-state index contributed by atoms with van der Waals surface area (Å²) in [7, 11) is 0. The molecule has 1 heterocycles. The number of phenols is 1. The number of aromatic nitrogens is 1. The Kier molecular flexibility index (Phi) is 4.02. The summed E-state index contributed by atoms with van der Waals surface area (Å²) in [5.41, 5.74) is 5.31. The van der Waals surface area contributed by atoms with E-state index in [0.29, 0.717) is 29.2 Å². The molecule has 6 rings (SSSR count). The highest BCUT2D eigenvalue weighted by molar-refractivity contribution is 6.30. The van der Waals surface area contributed by atoms with Gasteiger partial charge in [-0.2, -0.15) is 0 Å². The van der Waals surface area contributed by atoms with Crippen LogP contribution in [0.4, 0.5) is 0 Å². The maximum Gasteiger partial charge on any atom is 0.196 e. The average Bonchev–Trinajstić information content (AvgIpc) is 3.13. The molecule has 4 aromatic carbocycles. The van der Waals surface area contributed by atoms with Crippen LogP contribution in [-0.4, -0.2) is 22.5 Å². The van der Waals surface area contributed by atoms with Crippen LogP contribution in [0.3, 0.4) is 0 Å². The average molecular weight is 417 g/mol. The first kappa shape index (κ1) is 18.6. The topological polar surface area (TPSA) is 59.4 Å². The van der Waals surface area contributed by atoms with Gasteiger partial charge in [0.15, 0.2) is 17.3 Å². The van der Waals surface area contributed by atoms with Gasteiger partial charge in [-0.3, -0.25) is 4.79 Å². The lowest BCUT2D eigenvalue weighted by molar-refractivity contribution is 0.104. The first-order valence-corrected chi connectivity index (χ1v) is 10.6. The molecule has 4 nitrogen and oxygen atoms in total. The van der Waals surface area contributed by atoms with Crippen molar-refractivity contribution in [3.63, 3.8) is 0 Å². The monoisotopic (exact) mass is 417 g/mol. The lowest BCUT2D eigenvalue weighted by Crippen LogP contribution is -2.02. The minimum Gasteiger partial charge on any atom is -0.504 e. The maximum atomic E-state index is 13.6. The van der Waals surface area contributed by atoms with Gasteiger partial charge in [0, 0.05) is 22.1 Å². The second-order valence-corrected chi connectivity index (χ2v) is 7.88. The first-order valence-electron chi connectivity index (χ1n) is 10.6. The van der Waals surface area contributed by atoms with E-state index >= 15 is 0 Å². The molecule has 0 radical (unpaired) electrons. The minimum atomic E-state index is -0.0287. The molecule has 0 aliphatic heterocycles. The van der Waals surface area contributed by atoms with Crippen molar-refractivity contribution in [2.75, 3.05) is 6.61 Å². The molecule has 0 unspecified atom stereocenters. The van der Waals surface area contributed by atoms with E-state index < -0.39 is 0 Å². The Morgan fingerprint density at radius 1 is 0.875 bits per heavy atom. The van der Waals surface area contributed by atoms with E-state index in [-0.39, 0.29) is 11.5 Å². The zero-order valence-corrected chi connectivity index (χ0v) is 17.4. The first-order chi connectivity index (χ1) is 15.7. The van der Waals surface area contributed by atoms with E-state index in [4.69, 9.17) is 9.72 Å². The standard InChI is InChI=1S/C28H19NO3/c1-2-32-23-15-17(12-14-22(23)30)27-26-25(19-9-5-6-10-20(19)28(26)31)24-18-8-4-3-7-16(18)11-13-21(24)29-27/h3-15,30H,2H2,1H3. The molecule has 0 bridgehead atoms. The fourth-order valence-electron chi connectivity index (χ4n) is 4.70. The van der Waals surface area contributed by atoms with E-state index in [1.54, 1.807) is 18.2 Å². The number of nitrogens with zero attached hydrogens (tertiary/aromatic N) is 1. The number of hydrogen-bond acceptors (Lipinski definition) is 4. The SMILES string of the molecule is CCOc1cc(-c2nc3ccc4ccccc4c3c3c2C(=O)c2ccccc2-3)ccc1O. The highest BCUT2D eigenvalue weighted by Crippen LogP contribution is 2.47. The van der Waals surface area contributed by atoms with Crippen LogP contribution in [0.25, 0.3) is 44.1 Å². The number of phenolic OH excluding ortho intramolecular Hbond substituents is 1. The molecule has 4 heteroatoms. The molecule has 1 aliphatic carbocycles. The van der Waals surface area contributed by atoms with Crippen LogP contribution in [0.2, 0.25) is 0 Å². The van der Waals surface area contributed by atoms with Crippen molar-refractivity contribution in [3.8, 4) is 33.9 Å². The van der Waals surface area contributed by atoms with E-state index in [1.165, 1.54) is 0 Å². The predicted octanol–water partition coefficient (Wildman–Crippen LogP) is 6.37. The second kappa shape index (κ2) is 6.92. The van der Waals surface area contributed by atoms with Gasteiger partial charge in [0.2, 0.25) is 0 Å². The highest BCUT2D eigenvalue weighted by atomic mass is 16.5. The van der Waals surface area contributed by atoms with Gasteiger partial charge in [-0.1, -0.05) is 54.6 Å². The number of ketones is 1. The molecule has 154 valence electrons. The Hall–Kier alpha value is -4.18. The number of hydrogen-bond donors (Lipinski definition) is 1. The molecule has 0 spiro atoms. The van der Waals surface area contributed by atoms with E-state index in [9.17, 15) is 9.90 Å². The molecule has 0 amide bonds. The van der Waals surface area contributed by atoms with Gasteiger partial charge < -0.3 is 9.84 Å². The van der Waals surface area contributed by atoms with Gasteiger partial charge in [-0.15, -0.1) is 0 Å². The molecule has 1 N–H and O–H groups in total. The summed E-state index contributed by atoms with van der Waals surface area (Å²) in [6, 6.07) is 25.1. The summed E-state index contributed by atoms with van der Waals surface area (Å²) in [5.74, 6) is 0.412. The summed E-state index contributed by atoms with van der Waals surface area (Å²) < 4.78 is 5.59. The van der Waals surface area contributed by atoms with E-state index in [2.05, 4.69) is 18.2 Å². The third-order valence-electron chi connectivity index (χ3n) is 6.08. The number of fused-ring (bicyclic) bond motifs is 7. The summed E-state index contributed by atoms with van der Waals surface area (Å²) >= 11 is 0. The van der Waals surface area contributed by atoms with Crippen molar-refractivity contribution >= 4 is 27.5 Å². The summed E-state index contributed by atoms with van der Waals surface area (Å²) in [5, 5.41) is 13.4. The van der Waals surface area contributed by atoms with Crippen molar-refractivity contribution in [2.45, 2.75) is 6.92 Å². The van der Waals surface area contributed by atoms with Crippen LogP contribution in [0.15, 0.2) is 78.9 Å². The number of ether oxygens (including phenoxy) is 1. The van der Waals surface area contributed by atoms with Crippen LogP contribution in [-0.2, 0) is 0 Å². The van der Waals surface area contributed by atoms with Crippen LogP contribution in [0.1, 0.15) is 22.8 Å². The van der Waals surface area contributed by atoms with Crippen LogP contribution < -0.4 is 4.74 Å². The third-order valence-corrected chi connectivity index (χ3v) is 6.08. The highest BCUT2D eigenvalue weighted by Gasteiger charge is 2.33. The molecular weight excluding hydrogens is 398 g/mol. The Balaban J connectivity index is 1.77. The van der Waals surface area contributed by atoms with Crippen molar-refractivity contribution in [1.82, 2.24) is 4.98 Å². The minimum absolute atomic E-state index is 0.0287. The number of carbonyl (C=O) groups excluding carboxylic acids is 1. The number of pyridine rings is 1. The van der Waals surface area contributed by atoms with E-state index in [0.717, 1.165) is 38.4 Å². The molecule has 5 aromatic rings. The molecular formula is C28H19NO3. The molecule has 1 aromatic heterocycles. The van der Waals surface area contributed by atoms with Crippen molar-refractivity contribution in [3.05, 3.63) is 90.0 Å². The molecule has 32 heavy (non-hydrogen) atoms. The second-order valence-electron chi connectivity index (χ2n) is 7.88. The van der Waals surface area contributed by atoms with Gasteiger partial charge in [-0.25, -0.2) is 4.98 Å². The Bertz CT molecular complexity index is 1570. The number of carbonyl (C=O) groups is 1. The Morgan fingerprint density at radius 2 is 1.66 bits per heavy atom. The van der Waals surface area contributed by atoms with Gasteiger partial charge >= 0.3 is 0 Å².